The molecule has 4 rings (SSSR count). The average molecular weight is 477 g/mol. The van der Waals surface area contributed by atoms with Crippen LogP contribution in [0.4, 0.5) is 5.82 Å². The predicted octanol–water partition coefficient (Wildman–Crippen LogP) is 4.58. The Balaban J connectivity index is 1.46. The first-order valence-electron chi connectivity index (χ1n) is 9.88. The van der Waals surface area contributed by atoms with Crippen molar-refractivity contribution in [1.82, 2.24) is 14.5 Å². The van der Waals surface area contributed by atoms with E-state index in [0.717, 1.165) is 17.1 Å². The minimum absolute atomic E-state index is 0.0349. The Morgan fingerprint density at radius 1 is 0.871 bits per heavy atom. The van der Waals surface area contributed by atoms with E-state index in [1.165, 1.54) is 21.5 Å². The summed E-state index contributed by atoms with van der Waals surface area (Å²) in [6.07, 6.45) is 0. The van der Waals surface area contributed by atoms with E-state index < -0.39 is 10.0 Å². The number of hydrogen-bond donors (Lipinski definition) is 0. The molecule has 0 N–H and O–H groups in total. The summed E-state index contributed by atoms with van der Waals surface area (Å²) < 4.78 is 27.4. The van der Waals surface area contributed by atoms with Crippen molar-refractivity contribution in [3.05, 3.63) is 69.7 Å². The maximum Gasteiger partial charge on any atom is 0.244 e. The molecule has 1 fully saturated rings. The Kier molecular flexibility index (Phi) is 6.21. The molecule has 2 aromatic carbocycles. The summed E-state index contributed by atoms with van der Waals surface area (Å²) in [5.74, 6) is 0.727. The summed E-state index contributed by atoms with van der Waals surface area (Å²) in [5, 5.41) is 9.02. The molecule has 6 nitrogen and oxygen atoms in total. The molecule has 1 saturated heterocycles. The van der Waals surface area contributed by atoms with Crippen LogP contribution in [0.15, 0.2) is 53.4 Å². The Morgan fingerprint density at radius 2 is 1.61 bits per heavy atom. The summed E-state index contributed by atoms with van der Waals surface area (Å²) >= 11 is 12.1. The van der Waals surface area contributed by atoms with Gasteiger partial charge in [0.2, 0.25) is 10.0 Å². The van der Waals surface area contributed by atoms with Crippen LogP contribution in [-0.4, -0.2) is 49.1 Å². The number of sulfonamides is 1. The van der Waals surface area contributed by atoms with Gasteiger partial charge in [0.1, 0.15) is 4.90 Å². The molecule has 0 radical (unpaired) electrons. The van der Waals surface area contributed by atoms with Crippen molar-refractivity contribution in [3.8, 4) is 11.3 Å². The molecule has 9 heteroatoms. The van der Waals surface area contributed by atoms with Crippen LogP contribution in [0.3, 0.4) is 0 Å². The molecule has 162 valence electrons. The number of benzene rings is 2. The predicted molar refractivity (Wildman–Crippen MR) is 124 cm³/mol. The van der Waals surface area contributed by atoms with Crippen molar-refractivity contribution in [1.29, 1.82) is 0 Å². The van der Waals surface area contributed by atoms with Gasteiger partial charge in [0, 0.05) is 31.7 Å². The summed E-state index contributed by atoms with van der Waals surface area (Å²) in [6.45, 7) is 5.82. The zero-order valence-corrected chi connectivity index (χ0v) is 19.5. The fourth-order valence-corrected chi connectivity index (χ4v) is 5.69. The Bertz CT molecular complexity index is 1210. The maximum atomic E-state index is 13.0. The third kappa shape index (κ3) is 4.41. The van der Waals surface area contributed by atoms with Gasteiger partial charge < -0.3 is 4.90 Å². The van der Waals surface area contributed by atoms with Gasteiger partial charge in [-0.2, -0.15) is 4.31 Å². The third-order valence-electron chi connectivity index (χ3n) is 5.55. The minimum atomic E-state index is -3.72. The molecule has 0 saturated carbocycles. The quantitative estimate of drug-likeness (QED) is 0.551. The molecule has 0 unspecified atom stereocenters. The monoisotopic (exact) mass is 476 g/mol. The fraction of sp³-hybridized carbons (Fsp3) is 0.273. The number of piperazine rings is 1. The lowest BCUT2D eigenvalue weighted by Gasteiger charge is -2.34. The number of nitrogens with zero attached hydrogens (tertiary/aromatic N) is 4. The molecular weight excluding hydrogens is 455 g/mol. The van der Waals surface area contributed by atoms with Gasteiger partial charge in [0.25, 0.3) is 0 Å². The first-order chi connectivity index (χ1) is 14.8. The molecule has 2 heterocycles. The van der Waals surface area contributed by atoms with Crippen molar-refractivity contribution >= 4 is 39.0 Å². The van der Waals surface area contributed by atoms with Crippen LogP contribution in [-0.2, 0) is 10.0 Å². The molecule has 0 aliphatic carbocycles. The zero-order valence-electron chi connectivity index (χ0n) is 17.2. The van der Waals surface area contributed by atoms with Crippen LogP contribution in [0.25, 0.3) is 11.3 Å². The molecule has 0 bridgehead atoms. The van der Waals surface area contributed by atoms with Gasteiger partial charge in [-0.3, -0.25) is 0 Å². The van der Waals surface area contributed by atoms with Gasteiger partial charge >= 0.3 is 0 Å². The van der Waals surface area contributed by atoms with Crippen LogP contribution in [0, 0.1) is 13.8 Å². The highest BCUT2D eigenvalue weighted by molar-refractivity contribution is 7.89. The highest BCUT2D eigenvalue weighted by Crippen LogP contribution is 2.31. The molecule has 1 aromatic heterocycles. The van der Waals surface area contributed by atoms with E-state index in [4.69, 9.17) is 23.2 Å². The summed E-state index contributed by atoms with van der Waals surface area (Å²) in [4.78, 5) is 2.07. The van der Waals surface area contributed by atoms with E-state index in [1.807, 2.05) is 23.1 Å². The number of hydrogen-bond acceptors (Lipinski definition) is 5. The topological polar surface area (TPSA) is 66.4 Å². The lowest BCUT2D eigenvalue weighted by Crippen LogP contribution is -2.49. The smallest absolute Gasteiger partial charge is 0.244 e. The van der Waals surface area contributed by atoms with E-state index in [0.29, 0.717) is 26.2 Å². The van der Waals surface area contributed by atoms with Crippen molar-refractivity contribution in [2.75, 3.05) is 31.1 Å². The first kappa shape index (κ1) is 22.0. The summed E-state index contributed by atoms with van der Waals surface area (Å²) in [5.41, 5.74) is 4.28. The standard InChI is InChI=1S/C22H22Cl2N4O2S/c1-15-6-7-17(14-16(15)2)19-8-9-21(26-25-19)27-10-12-28(13-11-27)31(29,30)20-5-3-4-18(23)22(20)24/h3-9,14H,10-13H2,1-2H3. The van der Waals surface area contributed by atoms with E-state index in [-0.39, 0.29) is 14.9 Å². The molecule has 1 aliphatic heterocycles. The first-order valence-corrected chi connectivity index (χ1v) is 12.1. The van der Waals surface area contributed by atoms with Crippen LogP contribution >= 0.6 is 23.2 Å². The van der Waals surface area contributed by atoms with Gasteiger partial charge in [-0.15, -0.1) is 10.2 Å². The molecule has 0 atom stereocenters. The summed E-state index contributed by atoms with van der Waals surface area (Å²) in [7, 11) is -3.72. The normalized spacial score (nSPS) is 15.3. The largest absolute Gasteiger partial charge is 0.352 e. The van der Waals surface area contributed by atoms with Gasteiger partial charge in [-0.25, -0.2) is 8.42 Å². The Hall–Kier alpha value is -2.19. The van der Waals surface area contributed by atoms with E-state index >= 15 is 0 Å². The maximum absolute atomic E-state index is 13.0. The summed E-state index contributed by atoms with van der Waals surface area (Å²) in [6, 6.07) is 14.7. The third-order valence-corrected chi connectivity index (χ3v) is 8.42. The molecule has 0 amide bonds. The van der Waals surface area contributed by atoms with Crippen LogP contribution in [0.2, 0.25) is 10.0 Å². The van der Waals surface area contributed by atoms with Crippen molar-refractivity contribution in [2.45, 2.75) is 18.7 Å². The highest BCUT2D eigenvalue weighted by atomic mass is 35.5. The number of aryl methyl sites for hydroxylation is 2. The Labute approximate surface area is 192 Å². The van der Waals surface area contributed by atoms with E-state index in [9.17, 15) is 8.42 Å². The van der Waals surface area contributed by atoms with E-state index in [2.05, 4.69) is 36.2 Å². The van der Waals surface area contributed by atoms with Crippen LogP contribution in [0.1, 0.15) is 11.1 Å². The fourth-order valence-electron chi connectivity index (χ4n) is 3.53. The SMILES string of the molecule is Cc1ccc(-c2ccc(N3CCN(S(=O)(=O)c4cccc(Cl)c4Cl)CC3)nn2)cc1C. The second-order valence-corrected chi connectivity index (χ2v) is 10.2. The van der Waals surface area contributed by atoms with Gasteiger partial charge in [-0.05, 0) is 55.3 Å². The van der Waals surface area contributed by atoms with Crippen molar-refractivity contribution in [2.24, 2.45) is 0 Å². The van der Waals surface area contributed by atoms with E-state index in [1.54, 1.807) is 12.1 Å². The minimum Gasteiger partial charge on any atom is -0.352 e. The number of rotatable bonds is 4. The lowest BCUT2D eigenvalue weighted by molar-refractivity contribution is 0.383. The average Bonchev–Trinajstić information content (AvgIpc) is 2.77. The molecular formula is C22H22Cl2N4O2S. The second-order valence-electron chi connectivity index (χ2n) is 7.52. The molecule has 0 spiro atoms. The Morgan fingerprint density at radius 3 is 2.26 bits per heavy atom. The van der Waals surface area contributed by atoms with Gasteiger partial charge in [0.15, 0.2) is 5.82 Å². The zero-order chi connectivity index (χ0) is 22.2. The second kappa shape index (κ2) is 8.74. The van der Waals surface area contributed by atoms with Crippen LogP contribution < -0.4 is 4.90 Å². The lowest BCUT2D eigenvalue weighted by atomic mass is 10.0. The molecule has 1 aliphatic rings. The highest BCUT2D eigenvalue weighted by Gasteiger charge is 2.31. The van der Waals surface area contributed by atoms with Crippen molar-refractivity contribution in [3.63, 3.8) is 0 Å². The molecule has 3 aromatic rings. The van der Waals surface area contributed by atoms with Gasteiger partial charge in [0.05, 0.1) is 15.7 Å². The number of aromatic nitrogens is 2. The number of anilines is 1. The van der Waals surface area contributed by atoms with Crippen molar-refractivity contribution < 1.29 is 8.42 Å². The van der Waals surface area contributed by atoms with Crippen LogP contribution in [0.5, 0.6) is 0 Å². The molecule has 31 heavy (non-hydrogen) atoms. The number of halogens is 2. The van der Waals surface area contributed by atoms with Gasteiger partial charge in [-0.1, -0.05) is 41.4 Å².